The number of carboxylic acid groups (broad SMARTS) is 1. The van der Waals surface area contributed by atoms with E-state index in [4.69, 9.17) is 10.8 Å². The molecule has 0 aliphatic heterocycles. The van der Waals surface area contributed by atoms with Gasteiger partial charge in [-0.15, -0.1) is 0 Å². The Morgan fingerprint density at radius 1 is 1.43 bits per heavy atom. The molecule has 0 spiro atoms. The van der Waals surface area contributed by atoms with Crippen LogP contribution in [0.15, 0.2) is 24.3 Å². The van der Waals surface area contributed by atoms with E-state index in [2.05, 4.69) is 0 Å². The molecule has 0 saturated carbocycles. The number of hydrogen-bond acceptors (Lipinski definition) is 2. The molecule has 3 N–H and O–H groups in total. The Labute approximate surface area is 83.6 Å². The molecular formula is C11H15NO2. The highest BCUT2D eigenvalue weighted by Crippen LogP contribution is 2.23. The van der Waals surface area contributed by atoms with Crippen LogP contribution < -0.4 is 5.73 Å². The molecule has 0 amide bonds. The van der Waals surface area contributed by atoms with E-state index in [1.54, 1.807) is 12.1 Å². The summed E-state index contributed by atoms with van der Waals surface area (Å²) in [6.45, 7) is 1.99. The van der Waals surface area contributed by atoms with Crippen LogP contribution in [-0.2, 0) is 4.79 Å². The molecule has 3 nitrogen and oxygen atoms in total. The summed E-state index contributed by atoms with van der Waals surface area (Å²) in [4.78, 5) is 10.6. The molecule has 0 heterocycles. The molecule has 76 valence electrons. The molecule has 1 aromatic rings. The van der Waals surface area contributed by atoms with Crippen molar-refractivity contribution in [2.45, 2.75) is 25.7 Å². The van der Waals surface area contributed by atoms with Gasteiger partial charge >= 0.3 is 5.97 Å². The molecule has 1 atom stereocenters. The molecule has 0 radical (unpaired) electrons. The summed E-state index contributed by atoms with van der Waals surface area (Å²) in [5.41, 5.74) is 7.31. The fourth-order valence-corrected chi connectivity index (χ4v) is 1.48. The summed E-state index contributed by atoms with van der Waals surface area (Å²) in [6, 6.07) is 7.40. The number of nitrogens with two attached hydrogens (primary N) is 1. The van der Waals surface area contributed by atoms with Gasteiger partial charge in [0.25, 0.3) is 0 Å². The summed E-state index contributed by atoms with van der Waals surface area (Å²) < 4.78 is 0. The molecule has 0 aromatic heterocycles. The molecule has 1 unspecified atom stereocenters. The quantitative estimate of drug-likeness (QED) is 0.721. The Bertz CT molecular complexity index is 306. The van der Waals surface area contributed by atoms with E-state index in [-0.39, 0.29) is 12.3 Å². The van der Waals surface area contributed by atoms with Crippen molar-refractivity contribution in [3.63, 3.8) is 0 Å². The van der Waals surface area contributed by atoms with Crippen molar-refractivity contribution in [3.05, 3.63) is 29.8 Å². The van der Waals surface area contributed by atoms with Crippen LogP contribution in [0.25, 0.3) is 0 Å². The lowest BCUT2D eigenvalue weighted by Gasteiger charge is -2.12. The van der Waals surface area contributed by atoms with Crippen LogP contribution in [0.2, 0.25) is 0 Å². The Morgan fingerprint density at radius 3 is 2.43 bits per heavy atom. The maximum Gasteiger partial charge on any atom is 0.303 e. The number of carboxylic acids is 1. The molecule has 14 heavy (non-hydrogen) atoms. The van der Waals surface area contributed by atoms with Crippen molar-refractivity contribution in [1.82, 2.24) is 0 Å². The summed E-state index contributed by atoms with van der Waals surface area (Å²) in [7, 11) is 0. The molecule has 0 aliphatic rings. The molecule has 1 aromatic carbocycles. The van der Waals surface area contributed by atoms with Gasteiger partial charge in [0.05, 0.1) is 6.42 Å². The molecule has 0 fully saturated rings. The Balaban J connectivity index is 2.78. The summed E-state index contributed by atoms with van der Waals surface area (Å²) >= 11 is 0. The molecule has 1 rings (SSSR count). The van der Waals surface area contributed by atoms with Crippen LogP contribution in [-0.4, -0.2) is 11.1 Å². The van der Waals surface area contributed by atoms with E-state index in [0.717, 1.165) is 12.0 Å². The number of aliphatic carboxylic acids is 1. The van der Waals surface area contributed by atoms with Gasteiger partial charge in [-0.25, -0.2) is 0 Å². The van der Waals surface area contributed by atoms with Gasteiger partial charge in [-0.1, -0.05) is 19.1 Å². The topological polar surface area (TPSA) is 63.3 Å². The van der Waals surface area contributed by atoms with Crippen molar-refractivity contribution in [2.24, 2.45) is 0 Å². The van der Waals surface area contributed by atoms with E-state index in [9.17, 15) is 4.79 Å². The first-order valence-electron chi connectivity index (χ1n) is 4.70. The second-order valence-corrected chi connectivity index (χ2v) is 3.37. The van der Waals surface area contributed by atoms with Crippen molar-refractivity contribution >= 4 is 11.7 Å². The fourth-order valence-electron chi connectivity index (χ4n) is 1.48. The van der Waals surface area contributed by atoms with Gasteiger partial charge in [0, 0.05) is 5.69 Å². The van der Waals surface area contributed by atoms with Crippen LogP contribution in [0, 0.1) is 0 Å². The highest BCUT2D eigenvalue weighted by molar-refractivity contribution is 5.68. The third kappa shape index (κ3) is 2.76. The van der Waals surface area contributed by atoms with Crippen LogP contribution in [0.1, 0.15) is 31.2 Å². The number of rotatable bonds is 4. The first kappa shape index (κ1) is 10.6. The van der Waals surface area contributed by atoms with Gasteiger partial charge in [0.1, 0.15) is 0 Å². The van der Waals surface area contributed by atoms with E-state index in [0.29, 0.717) is 5.69 Å². The monoisotopic (exact) mass is 193 g/mol. The van der Waals surface area contributed by atoms with E-state index < -0.39 is 5.97 Å². The molecule has 0 saturated heterocycles. The molecule has 3 heteroatoms. The van der Waals surface area contributed by atoms with Crippen molar-refractivity contribution in [3.8, 4) is 0 Å². The third-order valence-corrected chi connectivity index (χ3v) is 2.32. The lowest BCUT2D eigenvalue weighted by Crippen LogP contribution is -2.05. The zero-order chi connectivity index (χ0) is 10.6. The average molecular weight is 193 g/mol. The van der Waals surface area contributed by atoms with Gasteiger partial charge in [-0.05, 0) is 30.0 Å². The second kappa shape index (κ2) is 4.65. The molecule has 0 bridgehead atoms. The predicted octanol–water partition coefficient (Wildman–Crippen LogP) is 2.24. The minimum Gasteiger partial charge on any atom is -0.481 e. The Hall–Kier alpha value is -1.51. The van der Waals surface area contributed by atoms with E-state index >= 15 is 0 Å². The van der Waals surface area contributed by atoms with E-state index in [1.165, 1.54) is 0 Å². The number of benzene rings is 1. The number of carbonyl (C=O) groups is 1. The Morgan fingerprint density at radius 2 is 2.00 bits per heavy atom. The van der Waals surface area contributed by atoms with Crippen LogP contribution >= 0.6 is 0 Å². The number of nitrogen functional groups attached to an aromatic ring is 1. The number of anilines is 1. The highest BCUT2D eigenvalue weighted by Gasteiger charge is 2.12. The summed E-state index contributed by atoms with van der Waals surface area (Å²) in [5, 5.41) is 8.71. The SMILES string of the molecule is CCC(CC(=O)O)c1ccc(N)cc1. The first-order valence-corrected chi connectivity index (χ1v) is 4.70. The third-order valence-electron chi connectivity index (χ3n) is 2.32. The smallest absolute Gasteiger partial charge is 0.303 e. The maximum absolute atomic E-state index is 10.6. The minimum atomic E-state index is -0.756. The maximum atomic E-state index is 10.6. The lowest BCUT2D eigenvalue weighted by atomic mass is 9.93. The largest absolute Gasteiger partial charge is 0.481 e. The molecule has 0 aliphatic carbocycles. The van der Waals surface area contributed by atoms with Crippen molar-refractivity contribution in [1.29, 1.82) is 0 Å². The number of hydrogen-bond donors (Lipinski definition) is 2. The summed E-state index contributed by atoms with van der Waals surface area (Å²) in [6.07, 6.45) is 1.01. The van der Waals surface area contributed by atoms with Crippen LogP contribution in [0.3, 0.4) is 0 Å². The zero-order valence-corrected chi connectivity index (χ0v) is 8.23. The first-order chi connectivity index (χ1) is 6.63. The lowest BCUT2D eigenvalue weighted by molar-refractivity contribution is -0.137. The van der Waals surface area contributed by atoms with Crippen molar-refractivity contribution in [2.75, 3.05) is 5.73 Å². The predicted molar refractivity (Wildman–Crippen MR) is 56.1 cm³/mol. The highest BCUT2D eigenvalue weighted by atomic mass is 16.4. The zero-order valence-electron chi connectivity index (χ0n) is 8.23. The van der Waals surface area contributed by atoms with Gasteiger partial charge in [0.2, 0.25) is 0 Å². The summed E-state index contributed by atoms with van der Waals surface area (Å²) in [5.74, 6) is -0.665. The normalized spacial score (nSPS) is 12.4. The van der Waals surface area contributed by atoms with Gasteiger partial charge in [-0.3, -0.25) is 4.79 Å². The van der Waals surface area contributed by atoms with Gasteiger partial charge < -0.3 is 10.8 Å². The second-order valence-electron chi connectivity index (χ2n) is 3.37. The Kier molecular flexibility index (Phi) is 3.51. The minimum absolute atomic E-state index is 0.0908. The van der Waals surface area contributed by atoms with E-state index in [1.807, 2.05) is 19.1 Å². The standard InChI is InChI=1S/C11H15NO2/c1-2-8(7-11(13)14)9-3-5-10(12)6-4-9/h3-6,8H,2,7,12H2,1H3,(H,13,14). The van der Waals surface area contributed by atoms with Gasteiger partial charge in [-0.2, -0.15) is 0 Å². The van der Waals surface area contributed by atoms with Gasteiger partial charge in [0.15, 0.2) is 0 Å². The van der Waals surface area contributed by atoms with Crippen molar-refractivity contribution < 1.29 is 9.90 Å². The van der Waals surface area contributed by atoms with Crippen LogP contribution in [0.4, 0.5) is 5.69 Å². The average Bonchev–Trinajstić information content (AvgIpc) is 2.15. The fraction of sp³-hybridized carbons (Fsp3) is 0.364. The molecular weight excluding hydrogens is 178 g/mol. The van der Waals surface area contributed by atoms with Crippen LogP contribution in [0.5, 0.6) is 0 Å².